The maximum atomic E-state index is 11.5. The lowest BCUT2D eigenvalue weighted by Crippen LogP contribution is -2.38. The van der Waals surface area contributed by atoms with Crippen molar-refractivity contribution < 1.29 is 4.79 Å². The van der Waals surface area contributed by atoms with Gasteiger partial charge in [-0.05, 0) is 30.5 Å². The fraction of sp³-hybridized carbons (Fsp3) is 0.385. The number of rotatable bonds is 2. The molecule has 0 bridgehead atoms. The number of hydrogen-bond acceptors (Lipinski definition) is 2. The van der Waals surface area contributed by atoms with Gasteiger partial charge < -0.3 is 4.90 Å². The van der Waals surface area contributed by atoms with Gasteiger partial charge in [0.2, 0.25) is 5.91 Å². The van der Waals surface area contributed by atoms with Crippen LogP contribution >= 0.6 is 0 Å². The molecule has 1 fully saturated rings. The molecule has 0 aromatic carbocycles. The third-order valence-corrected chi connectivity index (χ3v) is 3.06. The zero-order valence-corrected chi connectivity index (χ0v) is 9.30. The highest BCUT2D eigenvalue weighted by Crippen LogP contribution is 2.26. The van der Waals surface area contributed by atoms with Gasteiger partial charge in [0.05, 0.1) is 0 Å². The van der Waals surface area contributed by atoms with Crippen LogP contribution in [0, 0.1) is 0 Å². The van der Waals surface area contributed by atoms with Crippen LogP contribution in [0.1, 0.15) is 24.3 Å². The van der Waals surface area contributed by atoms with E-state index in [9.17, 15) is 4.79 Å². The van der Waals surface area contributed by atoms with Gasteiger partial charge in [0.1, 0.15) is 0 Å². The van der Waals surface area contributed by atoms with Crippen LogP contribution in [0.3, 0.4) is 0 Å². The van der Waals surface area contributed by atoms with Gasteiger partial charge in [-0.25, -0.2) is 0 Å². The Morgan fingerprint density at radius 3 is 3.19 bits per heavy atom. The van der Waals surface area contributed by atoms with Gasteiger partial charge >= 0.3 is 0 Å². The minimum atomic E-state index is 0.0357. The van der Waals surface area contributed by atoms with Crippen molar-refractivity contribution in [3.8, 4) is 0 Å². The molecule has 2 rings (SSSR count). The zero-order valence-electron chi connectivity index (χ0n) is 9.30. The monoisotopic (exact) mass is 216 g/mol. The van der Waals surface area contributed by atoms with Crippen LogP contribution in [-0.4, -0.2) is 28.9 Å². The molecule has 0 N–H and O–H groups in total. The van der Waals surface area contributed by atoms with E-state index in [1.165, 1.54) is 11.6 Å². The molecular weight excluding hydrogens is 200 g/mol. The number of pyridine rings is 1. The van der Waals surface area contributed by atoms with Gasteiger partial charge in [0.15, 0.2) is 0 Å². The molecule has 0 spiro atoms. The Hall–Kier alpha value is -1.64. The Labute approximate surface area is 95.8 Å². The summed E-state index contributed by atoms with van der Waals surface area (Å²) in [6.45, 7) is 5.17. The summed E-state index contributed by atoms with van der Waals surface area (Å²) in [4.78, 5) is 17.5. The van der Waals surface area contributed by atoms with Crippen LogP contribution < -0.4 is 0 Å². The van der Waals surface area contributed by atoms with E-state index in [0.717, 1.165) is 25.9 Å². The van der Waals surface area contributed by atoms with Crippen LogP contribution in [0.2, 0.25) is 0 Å². The van der Waals surface area contributed by atoms with E-state index in [-0.39, 0.29) is 5.91 Å². The molecule has 2 heterocycles. The van der Waals surface area contributed by atoms with Gasteiger partial charge in [-0.3, -0.25) is 9.78 Å². The maximum absolute atomic E-state index is 11.5. The van der Waals surface area contributed by atoms with Crippen LogP contribution in [0.15, 0.2) is 37.2 Å². The Morgan fingerprint density at radius 2 is 2.50 bits per heavy atom. The molecule has 1 saturated heterocycles. The molecular formula is C13H16N2O. The highest BCUT2D eigenvalue weighted by molar-refractivity contribution is 5.87. The van der Waals surface area contributed by atoms with Crippen molar-refractivity contribution in [2.45, 2.75) is 18.8 Å². The van der Waals surface area contributed by atoms with E-state index in [0.29, 0.717) is 5.92 Å². The van der Waals surface area contributed by atoms with E-state index in [1.54, 1.807) is 6.20 Å². The quantitative estimate of drug-likeness (QED) is 0.708. The number of likely N-dealkylation sites (tertiary alicyclic amines) is 1. The van der Waals surface area contributed by atoms with E-state index in [4.69, 9.17) is 0 Å². The molecule has 1 aromatic rings. The van der Waals surface area contributed by atoms with Crippen LogP contribution in [-0.2, 0) is 4.79 Å². The molecule has 0 radical (unpaired) electrons. The number of carbonyl (C=O) groups is 1. The Bertz CT molecular complexity index is 375. The summed E-state index contributed by atoms with van der Waals surface area (Å²) >= 11 is 0. The fourth-order valence-electron chi connectivity index (χ4n) is 2.20. The predicted octanol–water partition coefficient (Wildman–Crippen LogP) is 1.97. The second-order valence-corrected chi connectivity index (χ2v) is 4.11. The van der Waals surface area contributed by atoms with Gasteiger partial charge in [-0.2, -0.15) is 0 Å². The standard InChI is InChI=1S/C13H16N2O/c1-2-13(16)15-8-4-6-12(10-15)11-5-3-7-14-9-11/h2-3,5,7,9,12H,1,4,6,8,10H2. The lowest BCUT2D eigenvalue weighted by molar-refractivity contribution is -0.127. The van der Waals surface area contributed by atoms with Crippen LogP contribution in [0.4, 0.5) is 0 Å². The largest absolute Gasteiger partial charge is 0.339 e. The molecule has 3 heteroatoms. The molecule has 1 atom stereocenters. The van der Waals surface area contributed by atoms with E-state index in [2.05, 4.69) is 17.6 Å². The summed E-state index contributed by atoms with van der Waals surface area (Å²) < 4.78 is 0. The van der Waals surface area contributed by atoms with E-state index >= 15 is 0 Å². The average Bonchev–Trinajstić information content (AvgIpc) is 2.39. The van der Waals surface area contributed by atoms with Gasteiger partial charge in [-0.1, -0.05) is 12.6 Å². The van der Waals surface area contributed by atoms with Crippen molar-refractivity contribution >= 4 is 5.91 Å². The highest BCUT2D eigenvalue weighted by atomic mass is 16.2. The molecule has 0 saturated carbocycles. The first kappa shape index (κ1) is 10.9. The van der Waals surface area contributed by atoms with Crippen molar-refractivity contribution in [2.24, 2.45) is 0 Å². The molecule has 84 valence electrons. The molecule has 1 aliphatic heterocycles. The Balaban J connectivity index is 2.07. The average molecular weight is 216 g/mol. The first-order chi connectivity index (χ1) is 7.81. The van der Waals surface area contributed by atoms with Crippen molar-refractivity contribution in [1.82, 2.24) is 9.88 Å². The minimum absolute atomic E-state index is 0.0357. The molecule has 1 aliphatic rings. The number of aromatic nitrogens is 1. The molecule has 1 unspecified atom stereocenters. The molecule has 16 heavy (non-hydrogen) atoms. The number of piperidine rings is 1. The predicted molar refractivity (Wildman–Crippen MR) is 63.0 cm³/mol. The van der Waals surface area contributed by atoms with Gasteiger partial charge in [0.25, 0.3) is 0 Å². The third-order valence-electron chi connectivity index (χ3n) is 3.06. The lowest BCUT2D eigenvalue weighted by Gasteiger charge is -2.32. The number of hydrogen-bond donors (Lipinski definition) is 0. The first-order valence-corrected chi connectivity index (χ1v) is 5.62. The fourth-order valence-corrected chi connectivity index (χ4v) is 2.20. The summed E-state index contributed by atoms with van der Waals surface area (Å²) in [5.74, 6) is 0.458. The van der Waals surface area contributed by atoms with Gasteiger partial charge in [-0.15, -0.1) is 0 Å². The summed E-state index contributed by atoms with van der Waals surface area (Å²) in [7, 11) is 0. The lowest BCUT2D eigenvalue weighted by atomic mass is 9.92. The molecule has 1 amide bonds. The topological polar surface area (TPSA) is 33.2 Å². The summed E-state index contributed by atoms with van der Waals surface area (Å²) in [6.07, 6.45) is 7.25. The summed E-state index contributed by atoms with van der Waals surface area (Å²) in [6, 6.07) is 4.03. The van der Waals surface area contributed by atoms with Crippen LogP contribution in [0.5, 0.6) is 0 Å². The van der Waals surface area contributed by atoms with E-state index in [1.807, 2.05) is 17.2 Å². The Kier molecular flexibility index (Phi) is 3.34. The first-order valence-electron chi connectivity index (χ1n) is 5.62. The van der Waals surface area contributed by atoms with Crippen molar-refractivity contribution in [2.75, 3.05) is 13.1 Å². The highest BCUT2D eigenvalue weighted by Gasteiger charge is 2.23. The summed E-state index contributed by atoms with van der Waals surface area (Å²) in [5, 5.41) is 0. The number of carbonyl (C=O) groups excluding carboxylic acids is 1. The van der Waals surface area contributed by atoms with Crippen molar-refractivity contribution in [3.05, 3.63) is 42.7 Å². The van der Waals surface area contributed by atoms with Crippen molar-refractivity contribution in [3.63, 3.8) is 0 Å². The molecule has 0 aliphatic carbocycles. The van der Waals surface area contributed by atoms with E-state index < -0.39 is 0 Å². The van der Waals surface area contributed by atoms with Crippen molar-refractivity contribution in [1.29, 1.82) is 0 Å². The summed E-state index contributed by atoms with van der Waals surface area (Å²) in [5.41, 5.74) is 1.23. The zero-order chi connectivity index (χ0) is 11.4. The maximum Gasteiger partial charge on any atom is 0.245 e. The number of nitrogens with zero attached hydrogens (tertiary/aromatic N) is 2. The smallest absolute Gasteiger partial charge is 0.245 e. The number of amides is 1. The molecule has 1 aromatic heterocycles. The third kappa shape index (κ3) is 2.30. The van der Waals surface area contributed by atoms with Crippen LogP contribution in [0.25, 0.3) is 0 Å². The SMILES string of the molecule is C=CC(=O)N1CCCC(c2cccnc2)C1. The molecule has 3 nitrogen and oxygen atoms in total. The Morgan fingerprint density at radius 1 is 1.62 bits per heavy atom. The minimum Gasteiger partial charge on any atom is -0.339 e. The second kappa shape index (κ2) is 4.92. The normalized spacial score (nSPS) is 20.5. The second-order valence-electron chi connectivity index (χ2n) is 4.11. The van der Waals surface area contributed by atoms with Gasteiger partial charge in [0, 0.05) is 31.4 Å².